The Balaban J connectivity index is 1.95. The zero-order valence-electron chi connectivity index (χ0n) is 12.7. The van der Waals surface area contributed by atoms with Crippen LogP contribution in [0.4, 0.5) is 14.9 Å². The zero-order valence-corrected chi connectivity index (χ0v) is 12.7. The molecular formula is C15H19FN4O2. The minimum Gasteiger partial charge on any atom is -0.383 e. The number of aliphatic hydroxyl groups is 1. The second-order valence-corrected chi connectivity index (χ2v) is 5.50. The number of anilines is 1. The summed E-state index contributed by atoms with van der Waals surface area (Å²) in [6.45, 7) is 3.31. The van der Waals surface area contributed by atoms with E-state index in [0.29, 0.717) is 16.8 Å². The predicted molar refractivity (Wildman–Crippen MR) is 80.9 cm³/mol. The first-order chi connectivity index (χ1) is 10.3. The molecule has 0 bridgehead atoms. The van der Waals surface area contributed by atoms with Gasteiger partial charge in [-0.1, -0.05) is 0 Å². The molecule has 0 saturated carbocycles. The van der Waals surface area contributed by atoms with E-state index in [-0.39, 0.29) is 6.54 Å². The van der Waals surface area contributed by atoms with Crippen molar-refractivity contribution >= 4 is 11.7 Å². The standard InChI is InChI=1S/C15H19FN4O2/c1-10-4-12(16)6-13(5-10)19-14(21)17-9-15(2,22)11-7-18-20(3)8-11/h4-8,22H,9H2,1-3H3,(H2,17,19,21). The number of nitrogens with one attached hydrogen (secondary N) is 2. The van der Waals surface area contributed by atoms with Crippen LogP contribution < -0.4 is 10.6 Å². The third-order valence-corrected chi connectivity index (χ3v) is 3.22. The Hall–Kier alpha value is -2.41. The molecule has 1 heterocycles. The molecule has 1 aromatic carbocycles. The molecule has 0 aliphatic heterocycles. The van der Waals surface area contributed by atoms with Gasteiger partial charge >= 0.3 is 6.03 Å². The molecule has 0 fully saturated rings. The van der Waals surface area contributed by atoms with Gasteiger partial charge in [-0.25, -0.2) is 9.18 Å². The van der Waals surface area contributed by atoms with E-state index in [1.807, 2.05) is 0 Å². The highest BCUT2D eigenvalue weighted by Crippen LogP contribution is 2.18. The molecule has 1 aromatic heterocycles. The van der Waals surface area contributed by atoms with Crippen LogP contribution in [0.5, 0.6) is 0 Å². The molecular weight excluding hydrogens is 287 g/mol. The fourth-order valence-electron chi connectivity index (χ4n) is 2.04. The molecule has 0 aliphatic rings. The van der Waals surface area contributed by atoms with Gasteiger partial charge in [-0.3, -0.25) is 4.68 Å². The third kappa shape index (κ3) is 4.05. The van der Waals surface area contributed by atoms with E-state index < -0.39 is 17.4 Å². The van der Waals surface area contributed by atoms with Crippen molar-refractivity contribution in [2.75, 3.05) is 11.9 Å². The number of carbonyl (C=O) groups excluding carboxylic acids is 1. The number of rotatable bonds is 4. The van der Waals surface area contributed by atoms with Crippen LogP contribution in [0.25, 0.3) is 0 Å². The fraction of sp³-hybridized carbons (Fsp3) is 0.333. The Bertz CT molecular complexity index is 662. The predicted octanol–water partition coefficient (Wildman–Crippen LogP) is 1.90. The highest BCUT2D eigenvalue weighted by atomic mass is 19.1. The molecule has 3 N–H and O–H groups in total. The smallest absolute Gasteiger partial charge is 0.319 e. The van der Waals surface area contributed by atoms with E-state index >= 15 is 0 Å². The maximum absolute atomic E-state index is 13.3. The molecule has 6 nitrogen and oxygen atoms in total. The molecule has 0 radical (unpaired) electrons. The van der Waals surface area contributed by atoms with Crippen LogP contribution in [0.3, 0.4) is 0 Å². The summed E-state index contributed by atoms with van der Waals surface area (Å²) in [6, 6.07) is 3.73. The van der Waals surface area contributed by atoms with Gasteiger partial charge < -0.3 is 15.7 Å². The lowest BCUT2D eigenvalue weighted by Gasteiger charge is -2.22. The lowest BCUT2D eigenvalue weighted by atomic mass is 10.00. The van der Waals surface area contributed by atoms with E-state index in [9.17, 15) is 14.3 Å². The second kappa shape index (κ2) is 6.15. The number of nitrogens with zero attached hydrogens (tertiary/aromatic N) is 2. The number of aryl methyl sites for hydroxylation is 2. The largest absolute Gasteiger partial charge is 0.383 e. The number of hydrogen-bond donors (Lipinski definition) is 3. The Labute approximate surface area is 128 Å². The number of hydrogen-bond acceptors (Lipinski definition) is 3. The summed E-state index contributed by atoms with van der Waals surface area (Å²) in [7, 11) is 1.74. The summed E-state index contributed by atoms with van der Waals surface area (Å²) < 4.78 is 14.8. The Morgan fingerprint density at radius 3 is 2.77 bits per heavy atom. The molecule has 2 rings (SSSR count). The Kier molecular flexibility index (Phi) is 4.46. The van der Waals surface area contributed by atoms with Crippen molar-refractivity contribution < 1.29 is 14.3 Å². The minimum atomic E-state index is -1.25. The van der Waals surface area contributed by atoms with Gasteiger partial charge in [0.2, 0.25) is 0 Å². The first kappa shape index (κ1) is 16.0. The van der Waals surface area contributed by atoms with Gasteiger partial charge in [-0.2, -0.15) is 5.10 Å². The Morgan fingerprint density at radius 2 is 2.18 bits per heavy atom. The van der Waals surface area contributed by atoms with Crippen LogP contribution in [-0.2, 0) is 12.6 Å². The van der Waals surface area contributed by atoms with E-state index in [0.717, 1.165) is 0 Å². The number of carbonyl (C=O) groups is 1. The maximum Gasteiger partial charge on any atom is 0.319 e. The van der Waals surface area contributed by atoms with Gasteiger partial charge in [0.15, 0.2) is 0 Å². The van der Waals surface area contributed by atoms with Crippen LogP contribution in [-0.4, -0.2) is 27.5 Å². The minimum absolute atomic E-state index is 0.00117. The van der Waals surface area contributed by atoms with Gasteiger partial charge in [-0.15, -0.1) is 0 Å². The average molecular weight is 306 g/mol. The summed E-state index contributed by atoms with van der Waals surface area (Å²) >= 11 is 0. The van der Waals surface area contributed by atoms with Crippen molar-refractivity contribution in [3.05, 3.63) is 47.5 Å². The number of halogens is 1. The summed E-state index contributed by atoms with van der Waals surface area (Å²) in [5.41, 5.74) is 0.411. The van der Waals surface area contributed by atoms with Crippen LogP contribution in [0.2, 0.25) is 0 Å². The third-order valence-electron chi connectivity index (χ3n) is 3.22. The molecule has 2 aromatic rings. The molecule has 0 spiro atoms. The molecule has 1 atom stereocenters. The Morgan fingerprint density at radius 1 is 1.45 bits per heavy atom. The molecule has 118 valence electrons. The van der Waals surface area contributed by atoms with E-state index in [1.54, 1.807) is 37.8 Å². The molecule has 1 unspecified atom stereocenters. The average Bonchev–Trinajstić information content (AvgIpc) is 2.83. The number of amides is 2. The van der Waals surface area contributed by atoms with E-state index in [1.165, 1.54) is 18.3 Å². The van der Waals surface area contributed by atoms with Crippen molar-refractivity contribution in [2.24, 2.45) is 7.05 Å². The number of aromatic nitrogens is 2. The zero-order chi connectivity index (χ0) is 16.3. The first-order valence-corrected chi connectivity index (χ1v) is 6.80. The first-order valence-electron chi connectivity index (χ1n) is 6.80. The maximum atomic E-state index is 13.3. The molecule has 22 heavy (non-hydrogen) atoms. The lowest BCUT2D eigenvalue weighted by Crippen LogP contribution is -2.40. The van der Waals surface area contributed by atoms with Gasteiger partial charge in [0.25, 0.3) is 0 Å². The van der Waals surface area contributed by atoms with Crippen LogP contribution in [0, 0.1) is 12.7 Å². The van der Waals surface area contributed by atoms with Crippen molar-refractivity contribution in [3.63, 3.8) is 0 Å². The molecule has 0 aliphatic carbocycles. The van der Waals surface area contributed by atoms with Crippen LogP contribution >= 0.6 is 0 Å². The van der Waals surface area contributed by atoms with Gasteiger partial charge in [0.1, 0.15) is 11.4 Å². The summed E-state index contributed by atoms with van der Waals surface area (Å²) in [4.78, 5) is 11.8. The van der Waals surface area contributed by atoms with Crippen molar-refractivity contribution in [2.45, 2.75) is 19.4 Å². The van der Waals surface area contributed by atoms with Crippen LogP contribution in [0.15, 0.2) is 30.6 Å². The SMILES string of the molecule is Cc1cc(F)cc(NC(=O)NCC(C)(O)c2cnn(C)c2)c1. The number of benzene rings is 1. The lowest BCUT2D eigenvalue weighted by molar-refractivity contribution is 0.0599. The van der Waals surface area contributed by atoms with Crippen LogP contribution in [0.1, 0.15) is 18.1 Å². The van der Waals surface area contributed by atoms with Gasteiger partial charge in [0, 0.05) is 24.5 Å². The molecule has 7 heteroatoms. The van der Waals surface area contributed by atoms with Crippen molar-refractivity contribution in [3.8, 4) is 0 Å². The summed E-state index contributed by atoms with van der Waals surface area (Å²) in [5, 5.41) is 19.4. The monoisotopic (exact) mass is 306 g/mol. The van der Waals surface area contributed by atoms with Gasteiger partial charge in [-0.05, 0) is 37.6 Å². The molecule has 0 saturated heterocycles. The topological polar surface area (TPSA) is 79.2 Å². The second-order valence-electron chi connectivity index (χ2n) is 5.50. The summed E-state index contributed by atoms with van der Waals surface area (Å²) in [5.74, 6) is -0.419. The molecule has 2 amide bonds. The fourth-order valence-corrected chi connectivity index (χ4v) is 2.04. The highest BCUT2D eigenvalue weighted by molar-refractivity contribution is 5.89. The quantitative estimate of drug-likeness (QED) is 0.807. The van der Waals surface area contributed by atoms with Gasteiger partial charge in [0.05, 0.1) is 12.7 Å². The summed E-state index contributed by atoms with van der Waals surface area (Å²) in [6.07, 6.45) is 3.21. The van der Waals surface area contributed by atoms with Crippen molar-refractivity contribution in [1.29, 1.82) is 0 Å². The number of urea groups is 1. The van der Waals surface area contributed by atoms with E-state index in [2.05, 4.69) is 15.7 Å². The van der Waals surface area contributed by atoms with E-state index in [4.69, 9.17) is 0 Å². The van der Waals surface area contributed by atoms with Crippen molar-refractivity contribution in [1.82, 2.24) is 15.1 Å². The normalized spacial score (nSPS) is 13.5. The highest BCUT2D eigenvalue weighted by Gasteiger charge is 2.25.